The van der Waals surface area contributed by atoms with E-state index in [2.05, 4.69) is 22.0 Å². The van der Waals surface area contributed by atoms with E-state index in [0.29, 0.717) is 5.92 Å². The number of nitrogens with zero attached hydrogens (tertiary/aromatic N) is 3. The lowest BCUT2D eigenvalue weighted by atomic mass is 9.97. The second-order valence-electron chi connectivity index (χ2n) is 5.73. The molecule has 2 heterocycles. The molecule has 1 aliphatic rings. The van der Waals surface area contributed by atoms with Crippen molar-refractivity contribution in [2.24, 2.45) is 11.7 Å². The Morgan fingerprint density at radius 3 is 2.52 bits per heavy atom. The Bertz CT molecular complexity index is 589. The average Bonchev–Trinajstić information content (AvgIpc) is 2.55. The third kappa shape index (κ3) is 3.22. The van der Waals surface area contributed by atoms with Crippen LogP contribution in [0.2, 0.25) is 0 Å². The number of piperidine rings is 1. The van der Waals surface area contributed by atoms with Gasteiger partial charge in [-0.2, -0.15) is 0 Å². The summed E-state index contributed by atoms with van der Waals surface area (Å²) in [5, 5.41) is 0. The maximum absolute atomic E-state index is 5.76. The van der Waals surface area contributed by atoms with Crippen LogP contribution < -0.4 is 10.6 Å². The minimum atomic E-state index is 0.652. The molecule has 2 N–H and O–H groups in total. The van der Waals surface area contributed by atoms with Crippen molar-refractivity contribution in [2.75, 3.05) is 24.5 Å². The molecule has 4 nitrogen and oxygen atoms in total. The molecule has 2 aromatic rings. The predicted molar refractivity (Wildman–Crippen MR) is 86.2 cm³/mol. The molecule has 110 valence electrons. The van der Waals surface area contributed by atoms with Gasteiger partial charge in [0.05, 0.1) is 5.69 Å². The van der Waals surface area contributed by atoms with Gasteiger partial charge in [-0.1, -0.05) is 30.3 Å². The smallest absolute Gasteiger partial charge is 0.226 e. The number of hydrogen-bond acceptors (Lipinski definition) is 4. The van der Waals surface area contributed by atoms with E-state index >= 15 is 0 Å². The first-order valence-electron chi connectivity index (χ1n) is 7.62. The molecule has 1 aromatic heterocycles. The quantitative estimate of drug-likeness (QED) is 0.940. The first-order valence-corrected chi connectivity index (χ1v) is 7.62. The second-order valence-corrected chi connectivity index (χ2v) is 5.73. The molecule has 1 saturated heterocycles. The maximum atomic E-state index is 5.76. The number of nitrogens with two attached hydrogens (primary N) is 1. The molecular weight excluding hydrogens is 260 g/mol. The van der Waals surface area contributed by atoms with Crippen molar-refractivity contribution in [3.8, 4) is 11.3 Å². The van der Waals surface area contributed by atoms with E-state index in [0.717, 1.165) is 55.4 Å². The van der Waals surface area contributed by atoms with Gasteiger partial charge in [-0.05, 0) is 38.3 Å². The second kappa shape index (κ2) is 6.22. The Kier molecular flexibility index (Phi) is 4.15. The fourth-order valence-electron chi connectivity index (χ4n) is 2.82. The summed E-state index contributed by atoms with van der Waals surface area (Å²) in [6, 6.07) is 12.3. The van der Waals surface area contributed by atoms with Gasteiger partial charge in [0.15, 0.2) is 0 Å². The number of aromatic nitrogens is 2. The van der Waals surface area contributed by atoms with Crippen LogP contribution in [0.3, 0.4) is 0 Å². The Morgan fingerprint density at radius 1 is 1.14 bits per heavy atom. The summed E-state index contributed by atoms with van der Waals surface area (Å²) >= 11 is 0. The van der Waals surface area contributed by atoms with Gasteiger partial charge in [0.25, 0.3) is 0 Å². The van der Waals surface area contributed by atoms with Crippen LogP contribution in [0.4, 0.5) is 5.95 Å². The summed E-state index contributed by atoms with van der Waals surface area (Å²) in [6.45, 7) is 4.82. The molecule has 0 spiro atoms. The first kappa shape index (κ1) is 14.0. The van der Waals surface area contributed by atoms with Gasteiger partial charge < -0.3 is 10.6 Å². The van der Waals surface area contributed by atoms with E-state index in [9.17, 15) is 0 Å². The normalized spacial score (nSPS) is 16.2. The lowest BCUT2D eigenvalue weighted by Crippen LogP contribution is -2.37. The van der Waals surface area contributed by atoms with Gasteiger partial charge in [-0.25, -0.2) is 9.97 Å². The molecule has 0 unspecified atom stereocenters. The highest BCUT2D eigenvalue weighted by Crippen LogP contribution is 2.23. The third-order valence-electron chi connectivity index (χ3n) is 4.14. The van der Waals surface area contributed by atoms with Crippen molar-refractivity contribution in [3.63, 3.8) is 0 Å². The van der Waals surface area contributed by atoms with Gasteiger partial charge in [-0.15, -0.1) is 0 Å². The molecule has 0 atom stereocenters. The molecule has 21 heavy (non-hydrogen) atoms. The summed E-state index contributed by atoms with van der Waals surface area (Å²) in [5.41, 5.74) is 8.91. The van der Waals surface area contributed by atoms with Crippen LogP contribution in [-0.2, 0) is 0 Å². The van der Waals surface area contributed by atoms with Gasteiger partial charge in [0.1, 0.15) is 0 Å². The van der Waals surface area contributed by atoms with Crippen LogP contribution in [0.15, 0.2) is 36.4 Å². The Balaban J connectivity index is 1.85. The summed E-state index contributed by atoms with van der Waals surface area (Å²) in [4.78, 5) is 11.7. The highest BCUT2D eigenvalue weighted by molar-refractivity contribution is 5.60. The first-order chi connectivity index (χ1) is 10.3. The molecule has 4 heteroatoms. The molecule has 0 saturated carbocycles. The fourth-order valence-corrected chi connectivity index (χ4v) is 2.82. The lowest BCUT2D eigenvalue weighted by Gasteiger charge is -2.31. The van der Waals surface area contributed by atoms with Crippen LogP contribution in [0.1, 0.15) is 18.5 Å². The van der Waals surface area contributed by atoms with E-state index < -0.39 is 0 Å². The molecule has 0 bridgehead atoms. The molecule has 1 aliphatic heterocycles. The van der Waals surface area contributed by atoms with Crippen molar-refractivity contribution >= 4 is 5.95 Å². The van der Waals surface area contributed by atoms with E-state index in [1.165, 1.54) is 0 Å². The van der Waals surface area contributed by atoms with E-state index in [1.54, 1.807) is 0 Å². The maximum Gasteiger partial charge on any atom is 0.226 e. The van der Waals surface area contributed by atoms with Crippen LogP contribution in [0.25, 0.3) is 11.3 Å². The standard InChI is InChI=1S/C17H22N4/c1-13-11-16(15-5-3-2-4-6-15)20-17(19-13)21-9-7-14(12-18)8-10-21/h2-6,11,14H,7-10,12,18H2,1H3. The van der Waals surface area contributed by atoms with Gasteiger partial charge >= 0.3 is 0 Å². The molecule has 1 aromatic carbocycles. The minimum absolute atomic E-state index is 0.652. The Labute approximate surface area is 126 Å². The highest BCUT2D eigenvalue weighted by Gasteiger charge is 2.20. The number of anilines is 1. The van der Waals surface area contributed by atoms with Crippen LogP contribution >= 0.6 is 0 Å². The zero-order chi connectivity index (χ0) is 14.7. The van der Waals surface area contributed by atoms with E-state index in [1.807, 2.05) is 31.2 Å². The number of benzene rings is 1. The van der Waals surface area contributed by atoms with Gasteiger partial charge in [-0.3, -0.25) is 0 Å². The molecule has 3 rings (SSSR count). The predicted octanol–water partition coefficient (Wildman–Crippen LogP) is 2.63. The summed E-state index contributed by atoms with van der Waals surface area (Å²) in [5.74, 6) is 1.50. The minimum Gasteiger partial charge on any atom is -0.341 e. The number of aryl methyl sites for hydroxylation is 1. The molecule has 1 fully saturated rings. The van der Waals surface area contributed by atoms with Crippen molar-refractivity contribution in [3.05, 3.63) is 42.1 Å². The zero-order valence-corrected chi connectivity index (χ0v) is 12.5. The van der Waals surface area contributed by atoms with Crippen molar-refractivity contribution in [1.29, 1.82) is 0 Å². The highest BCUT2D eigenvalue weighted by atomic mass is 15.3. The SMILES string of the molecule is Cc1cc(-c2ccccc2)nc(N2CCC(CN)CC2)n1. The lowest BCUT2D eigenvalue weighted by molar-refractivity contribution is 0.411. The molecule has 0 amide bonds. The van der Waals surface area contributed by atoms with Crippen LogP contribution in [-0.4, -0.2) is 29.6 Å². The van der Waals surface area contributed by atoms with Gasteiger partial charge in [0, 0.05) is 24.3 Å². The topological polar surface area (TPSA) is 55.0 Å². The van der Waals surface area contributed by atoms with Crippen molar-refractivity contribution < 1.29 is 0 Å². The molecule has 0 aliphatic carbocycles. The summed E-state index contributed by atoms with van der Waals surface area (Å²) in [6.07, 6.45) is 2.27. The zero-order valence-electron chi connectivity index (χ0n) is 12.5. The summed E-state index contributed by atoms with van der Waals surface area (Å²) in [7, 11) is 0. The number of rotatable bonds is 3. The number of hydrogen-bond donors (Lipinski definition) is 1. The summed E-state index contributed by atoms with van der Waals surface area (Å²) < 4.78 is 0. The van der Waals surface area contributed by atoms with E-state index in [4.69, 9.17) is 10.7 Å². The molecular formula is C17H22N4. The largest absolute Gasteiger partial charge is 0.341 e. The Morgan fingerprint density at radius 2 is 1.86 bits per heavy atom. The average molecular weight is 282 g/mol. The monoisotopic (exact) mass is 282 g/mol. The van der Waals surface area contributed by atoms with Gasteiger partial charge in [0.2, 0.25) is 5.95 Å². The van der Waals surface area contributed by atoms with Crippen LogP contribution in [0, 0.1) is 12.8 Å². The van der Waals surface area contributed by atoms with Crippen molar-refractivity contribution in [1.82, 2.24) is 9.97 Å². The fraction of sp³-hybridized carbons (Fsp3) is 0.412. The van der Waals surface area contributed by atoms with Crippen molar-refractivity contribution in [2.45, 2.75) is 19.8 Å². The third-order valence-corrected chi connectivity index (χ3v) is 4.14. The molecule has 0 radical (unpaired) electrons. The van der Waals surface area contributed by atoms with Crippen LogP contribution in [0.5, 0.6) is 0 Å². The van der Waals surface area contributed by atoms with E-state index in [-0.39, 0.29) is 0 Å². The Hall–Kier alpha value is -1.94.